The molecule has 0 saturated heterocycles. The first-order chi connectivity index (χ1) is 10.8. The summed E-state index contributed by atoms with van der Waals surface area (Å²) in [4.78, 5) is 0. The van der Waals surface area contributed by atoms with Gasteiger partial charge in [0.1, 0.15) is 0 Å². The topological polar surface area (TPSA) is 0 Å². The van der Waals surface area contributed by atoms with Crippen molar-refractivity contribution in [3.8, 4) is 0 Å². The predicted molar refractivity (Wildman–Crippen MR) is 94.8 cm³/mol. The van der Waals surface area contributed by atoms with E-state index in [4.69, 9.17) is 0 Å². The summed E-state index contributed by atoms with van der Waals surface area (Å²) in [5.74, 6) is 0.981. The molecule has 0 aliphatic heterocycles. The number of allylic oxidation sites excluding steroid dienone is 4. The summed E-state index contributed by atoms with van der Waals surface area (Å²) in [7, 11) is -0.257. The van der Waals surface area contributed by atoms with Gasteiger partial charge < -0.3 is 37.2 Å². The van der Waals surface area contributed by atoms with Crippen LogP contribution < -0.4 is 42.4 Å². The maximum atomic E-state index is 2.41. The molecule has 0 spiro atoms. The van der Waals surface area contributed by atoms with Gasteiger partial charge in [0, 0.05) is 0 Å². The monoisotopic (exact) mass is 448 g/mol. The molecule has 0 unspecified atom stereocenters. The Morgan fingerprint density at radius 1 is 1.00 bits per heavy atom. The molecule has 0 atom stereocenters. The SMILES string of the molecule is CCC1=C([SiH2]c2ccccc2)CC(CC2CCCCC2)=[C]1[Ti+3].[Cl-].[Cl-].[Cl-]. The number of halogens is 3. The van der Waals surface area contributed by atoms with Crippen molar-refractivity contribution in [3.63, 3.8) is 0 Å². The standard InChI is InChI=1S/C20H27Si.3ClH.Ti/c1-2-18-14-17(13-16-9-5-3-6-10-16)15-20(18)21-19-11-7-4-8-12-19;;;;/h4,7-8,11-12,16H,2-3,5-6,9-10,13,15,21H2,1H3;3*1H;/q;;;;+3/p-3. The first-order valence-electron chi connectivity index (χ1n) is 8.96. The van der Waals surface area contributed by atoms with Crippen LogP contribution in [0, 0.1) is 5.92 Å². The molecule has 0 nitrogen and oxygen atoms in total. The average molecular weight is 450 g/mol. The molecule has 0 amide bonds. The summed E-state index contributed by atoms with van der Waals surface area (Å²) in [6.07, 6.45) is 11.3. The van der Waals surface area contributed by atoms with E-state index in [1.807, 2.05) is 5.20 Å². The van der Waals surface area contributed by atoms with Crippen molar-refractivity contribution in [2.45, 2.75) is 58.3 Å². The molecule has 0 aromatic heterocycles. The van der Waals surface area contributed by atoms with Gasteiger partial charge in [0.15, 0.2) is 0 Å². The summed E-state index contributed by atoms with van der Waals surface area (Å²) in [5, 5.41) is 3.44. The van der Waals surface area contributed by atoms with Crippen LogP contribution in [0.15, 0.2) is 50.6 Å². The second-order valence-electron chi connectivity index (χ2n) is 6.96. The molecule has 1 saturated carbocycles. The molecule has 2 aliphatic rings. The maximum Gasteiger partial charge on any atom is -1.00 e. The van der Waals surface area contributed by atoms with Crippen LogP contribution in [0.5, 0.6) is 0 Å². The molecule has 136 valence electrons. The molecule has 0 heterocycles. The number of benzene rings is 1. The molecule has 5 heteroatoms. The Morgan fingerprint density at radius 3 is 2.24 bits per heavy atom. The summed E-state index contributed by atoms with van der Waals surface area (Å²) < 4.78 is 1.67. The number of hydrogen-bond acceptors (Lipinski definition) is 0. The average Bonchev–Trinajstić information content (AvgIpc) is 2.84. The molecule has 25 heavy (non-hydrogen) atoms. The van der Waals surface area contributed by atoms with E-state index in [1.165, 1.54) is 51.4 Å². The fourth-order valence-electron chi connectivity index (χ4n) is 4.20. The third kappa shape index (κ3) is 6.87. The predicted octanol–water partition coefficient (Wildman–Crippen LogP) is -4.67. The Hall–Kier alpha value is 0.501. The van der Waals surface area contributed by atoms with Gasteiger partial charge in [-0.05, 0) is 0 Å². The van der Waals surface area contributed by atoms with E-state index in [2.05, 4.69) is 57.7 Å². The quantitative estimate of drug-likeness (QED) is 0.397. The molecule has 3 rings (SSSR count). The Kier molecular flexibility index (Phi) is 13.1. The molecule has 1 aromatic carbocycles. The van der Waals surface area contributed by atoms with E-state index in [0.717, 1.165) is 5.92 Å². The van der Waals surface area contributed by atoms with Crippen LogP contribution in [-0.4, -0.2) is 9.52 Å². The fourth-order valence-corrected chi connectivity index (χ4v) is 7.39. The van der Waals surface area contributed by atoms with Crippen LogP contribution in [0.4, 0.5) is 0 Å². The summed E-state index contributed by atoms with van der Waals surface area (Å²) >= 11 is 2.41. The second-order valence-corrected chi connectivity index (χ2v) is 9.77. The van der Waals surface area contributed by atoms with E-state index in [9.17, 15) is 0 Å². The fraction of sp³-hybridized carbons (Fsp3) is 0.500. The molecule has 1 fully saturated rings. The summed E-state index contributed by atoms with van der Waals surface area (Å²) in [5.41, 5.74) is 3.52. The van der Waals surface area contributed by atoms with E-state index >= 15 is 0 Å². The van der Waals surface area contributed by atoms with Crippen molar-refractivity contribution in [2.24, 2.45) is 5.92 Å². The number of rotatable bonds is 5. The second kappa shape index (κ2) is 12.8. The molecule has 1 aromatic rings. The van der Waals surface area contributed by atoms with Gasteiger partial charge in [-0.25, -0.2) is 0 Å². The Balaban J connectivity index is 0.00000192. The van der Waals surface area contributed by atoms with Crippen molar-refractivity contribution in [1.29, 1.82) is 0 Å². The normalized spacial score (nSPS) is 18.2. The van der Waals surface area contributed by atoms with Crippen LogP contribution in [0.25, 0.3) is 0 Å². The van der Waals surface area contributed by atoms with Crippen molar-refractivity contribution in [1.82, 2.24) is 0 Å². The first-order valence-corrected chi connectivity index (χ1v) is 11.2. The van der Waals surface area contributed by atoms with Gasteiger partial charge >= 0.3 is 150 Å². The third-order valence-electron chi connectivity index (χ3n) is 5.38. The van der Waals surface area contributed by atoms with E-state index in [-0.39, 0.29) is 46.7 Å². The van der Waals surface area contributed by atoms with Crippen LogP contribution in [-0.2, 0) is 20.4 Å². The summed E-state index contributed by atoms with van der Waals surface area (Å²) in [6.45, 7) is 2.35. The Labute approximate surface area is 186 Å². The molecule has 2 aliphatic carbocycles. The van der Waals surface area contributed by atoms with Gasteiger partial charge in [-0.1, -0.05) is 0 Å². The van der Waals surface area contributed by atoms with E-state index in [0.29, 0.717) is 0 Å². The summed E-state index contributed by atoms with van der Waals surface area (Å²) in [6, 6.07) is 11.2. The van der Waals surface area contributed by atoms with Crippen LogP contribution in [0.3, 0.4) is 0 Å². The zero-order valence-corrected chi connectivity index (χ0v) is 20.2. The zero-order chi connectivity index (χ0) is 15.4. The van der Waals surface area contributed by atoms with Gasteiger partial charge in [-0.3, -0.25) is 0 Å². The molecular formula is C20H27Cl3SiTi. The van der Waals surface area contributed by atoms with Gasteiger partial charge in [0.25, 0.3) is 0 Å². The maximum absolute atomic E-state index is 2.41. The Bertz CT molecular complexity index is 578. The molecule has 0 bridgehead atoms. The van der Waals surface area contributed by atoms with Gasteiger partial charge in [-0.15, -0.1) is 0 Å². The van der Waals surface area contributed by atoms with E-state index in [1.54, 1.807) is 20.2 Å². The minimum Gasteiger partial charge on any atom is -1.00 e. The first kappa shape index (κ1) is 25.5. The minimum absolute atomic E-state index is 0. The van der Waals surface area contributed by atoms with Crippen molar-refractivity contribution in [3.05, 3.63) is 50.6 Å². The van der Waals surface area contributed by atoms with Crippen molar-refractivity contribution in [2.75, 3.05) is 0 Å². The van der Waals surface area contributed by atoms with E-state index < -0.39 is 0 Å². The van der Waals surface area contributed by atoms with Crippen molar-refractivity contribution < 1.29 is 57.7 Å². The van der Waals surface area contributed by atoms with Gasteiger partial charge in [-0.2, -0.15) is 0 Å². The third-order valence-corrected chi connectivity index (χ3v) is 8.39. The minimum atomic E-state index is -0.257. The van der Waals surface area contributed by atoms with Gasteiger partial charge in [0.2, 0.25) is 0 Å². The van der Waals surface area contributed by atoms with Crippen LogP contribution in [0.1, 0.15) is 58.3 Å². The number of hydrogen-bond donors (Lipinski definition) is 0. The largest absolute Gasteiger partial charge is 1.00 e. The molecule has 0 N–H and O–H groups in total. The van der Waals surface area contributed by atoms with Crippen LogP contribution >= 0.6 is 0 Å². The molecule has 0 radical (unpaired) electrons. The van der Waals surface area contributed by atoms with Crippen LogP contribution in [0.2, 0.25) is 0 Å². The Morgan fingerprint density at radius 2 is 1.64 bits per heavy atom. The molecular weight excluding hydrogens is 423 g/mol. The zero-order valence-electron chi connectivity index (χ0n) is 15.0. The van der Waals surface area contributed by atoms with Crippen molar-refractivity contribution >= 4 is 14.7 Å². The van der Waals surface area contributed by atoms with Gasteiger partial charge in [0.05, 0.1) is 0 Å². The smallest absolute Gasteiger partial charge is 1.00 e.